The van der Waals surface area contributed by atoms with E-state index in [4.69, 9.17) is 0 Å². The fraction of sp³-hybridized carbons (Fsp3) is 0.667. The van der Waals surface area contributed by atoms with Crippen LogP contribution in [-0.4, -0.2) is 68.4 Å². The molecule has 1 aromatic rings. The van der Waals surface area contributed by atoms with Crippen molar-refractivity contribution in [2.24, 2.45) is 41.4 Å². The monoisotopic (exact) mass is 636 g/mol. The first-order valence-electron chi connectivity index (χ1n) is 17.0. The Morgan fingerprint density at radius 2 is 1.67 bits per heavy atom. The standard InChI is InChI=1S/C36H52N4O6/c1-8-11-24(34(44)31(43)16-23(7)9-2)17-30(42)33-26-13-10-12-25(26)20-40(33)36(46)32(22(5)6)39-35(45)27(21(3)4)18-29(41)28-19-37-14-15-38-28/h10,12,14-15,19,21-27,32-33H,8-9,11,13,16-18,20H2,1-7H3,(H,39,45)/t23-,24?,25?,26-,27+,32-,33?/m0/s1. The highest BCUT2D eigenvalue weighted by Crippen LogP contribution is 2.40. The van der Waals surface area contributed by atoms with Crippen molar-refractivity contribution in [1.29, 1.82) is 0 Å². The molecule has 0 saturated carbocycles. The van der Waals surface area contributed by atoms with Crippen molar-refractivity contribution in [3.05, 3.63) is 36.4 Å². The van der Waals surface area contributed by atoms with Gasteiger partial charge in [0.05, 0.1) is 12.2 Å². The Balaban J connectivity index is 1.81. The van der Waals surface area contributed by atoms with Gasteiger partial charge in [0.1, 0.15) is 11.7 Å². The summed E-state index contributed by atoms with van der Waals surface area (Å²) in [6.45, 7) is 13.6. The SMILES string of the molecule is CCCC(CC(=O)C1[C@H]2CC=CC2CN1C(=O)[C@@H](NC(=O)[C@H](CC(=O)c1cnccn1)C(C)C)C(C)C)C(=O)C(=O)C[C@@H](C)CC. The molecule has 10 nitrogen and oxygen atoms in total. The average molecular weight is 637 g/mol. The minimum absolute atomic E-state index is 0.00166. The molecule has 1 aliphatic carbocycles. The Hall–Kier alpha value is -3.56. The lowest BCUT2D eigenvalue weighted by atomic mass is 9.83. The molecule has 0 spiro atoms. The Labute approximate surface area is 273 Å². The number of nitrogens with one attached hydrogen (secondary N) is 1. The third-order valence-corrected chi connectivity index (χ3v) is 9.69. The predicted molar refractivity (Wildman–Crippen MR) is 174 cm³/mol. The largest absolute Gasteiger partial charge is 0.344 e. The molecule has 1 fully saturated rings. The fourth-order valence-electron chi connectivity index (χ4n) is 6.66. The molecule has 3 rings (SSSR count). The Kier molecular flexibility index (Phi) is 13.5. The zero-order valence-electron chi connectivity index (χ0n) is 28.5. The highest BCUT2D eigenvalue weighted by molar-refractivity contribution is 6.38. The van der Waals surface area contributed by atoms with Gasteiger partial charge in [-0.1, -0.05) is 73.5 Å². The molecule has 46 heavy (non-hydrogen) atoms. The molecule has 0 bridgehead atoms. The van der Waals surface area contributed by atoms with E-state index < -0.39 is 41.4 Å². The Morgan fingerprint density at radius 3 is 2.26 bits per heavy atom. The number of allylic oxidation sites excluding steroid dienone is 1. The topological polar surface area (TPSA) is 143 Å². The molecule has 0 aromatic carbocycles. The molecule has 2 amide bonds. The van der Waals surface area contributed by atoms with Gasteiger partial charge in [-0.25, -0.2) is 4.98 Å². The quantitative estimate of drug-likeness (QED) is 0.137. The number of amides is 2. The van der Waals surface area contributed by atoms with E-state index >= 15 is 0 Å². The van der Waals surface area contributed by atoms with Gasteiger partial charge in [0, 0.05) is 50.0 Å². The zero-order chi connectivity index (χ0) is 34.1. The van der Waals surface area contributed by atoms with Crippen LogP contribution in [0.5, 0.6) is 0 Å². The summed E-state index contributed by atoms with van der Waals surface area (Å²) in [4.78, 5) is 90.4. The van der Waals surface area contributed by atoms with Crippen molar-refractivity contribution >= 4 is 34.9 Å². The van der Waals surface area contributed by atoms with Crippen LogP contribution in [-0.2, 0) is 24.0 Å². The van der Waals surface area contributed by atoms with Gasteiger partial charge in [-0.3, -0.25) is 33.8 Å². The number of hydrogen-bond acceptors (Lipinski definition) is 8. The first-order chi connectivity index (χ1) is 21.8. The van der Waals surface area contributed by atoms with E-state index in [-0.39, 0.29) is 72.0 Å². The molecular weight excluding hydrogens is 584 g/mol. The molecule has 1 saturated heterocycles. The van der Waals surface area contributed by atoms with Gasteiger partial charge in [-0.05, 0) is 42.4 Å². The number of hydrogen-bond donors (Lipinski definition) is 1. The number of carbonyl (C=O) groups is 6. The van der Waals surface area contributed by atoms with Crippen LogP contribution in [0.15, 0.2) is 30.7 Å². The average Bonchev–Trinajstić information content (AvgIpc) is 3.63. The number of Topliss-reactive ketones (excluding diaryl/α,β-unsaturated/α-hetero) is 4. The van der Waals surface area contributed by atoms with E-state index in [1.807, 2.05) is 60.6 Å². The lowest BCUT2D eigenvalue weighted by Gasteiger charge is -2.33. The molecule has 10 heteroatoms. The molecule has 1 N–H and O–H groups in total. The predicted octanol–water partition coefficient (Wildman–Crippen LogP) is 4.82. The second kappa shape index (κ2) is 16.8. The molecule has 1 aromatic heterocycles. The number of aromatic nitrogens is 2. The van der Waals surface area contributed by atoms with E-state index in [0.717, 1.165) is 6.42 Å². The summed E-state index contributed by atoms with van der Waals surface area (Å²) in [5.41, 5.74) is 0.178. The summed E-state index contributed by atoms with van der Waals surface area (Å²) in [6.07, 6.45) is 10.8. The van der Waals surface area contributed by atoms with Crippen molar-refractivity contribution < 1.29 is 28.8 Å². The van der Waals surface area contributed by atoms with Crippen molar-refractivity contribution in [1.82, 2.24) is 20.2 Å². The molecule has 7 atom stereocenters. The first-order valence-corrected chi connectivity index (χ1v) is 17.0. The Morgan fingerprint density at radius 1 is 0.957 bits per heavy atom. The first kappa shape index (κ1) is 36.9. The maximum Gasteiger partial charge on any atom is 0.246 e. The van der Waals surface area contributed by atoms with E-state index in [0.29, 0.717) is 25.8 Å². The fourth-order valence-corrected chi connectivity index (χ4v) is 6.66. The van der Waals surface area contributed by atoms with Crippen molar-refractivity contribution in [3.8, 4) is 0 Å². The highest BCUT2D eigenvalue weighted by atomic mass is 16.2. The number of likely N-dealkylation sites (tertiary alicyclic amines) is 1. The number of carbonyl (C=O) groups excluding carboxylic acids is 6. The zero-order valence-corrected chi connectivity index (χ0v) is 28.5. The van der Waals surface area contributed by atoms with Crippen LogP contribution in [0.2, 0.25) is 0 Å². The van der Waals surface area contributed by atoms with Crippen LogP contribution in [0.25, 0.3) is 0 Å². The van der Waals surface area contributed by atoms with Crippen molar-refractivity contribution in [2.75, 3.05) is 6.54 Å². The minimum Gasteiger partial charge on any atom is -0.344 e. The molecule has 2 aliphatic rings. The van der Waals surface area contributed by atoms with E-state index in [1.165, 1.54) is 18.6 Å². The van der Waals surface area contributed by atoms with E-state index in [1.54, 1.807) is 4.90 Å². The molecule has 1 aliphatic heterocycles. The minimum atomic E-state index is -0.913. The summed E-state index contributed by atoms with van der Waals surface area (Å²) < 4.78 is 0. The van der Waals surface area contributed by atoms with Crippen molar-refractivity contribution in [3.63, 3.8) is 0 Å². The van der Waals surface area contributed by atoms with E-state index in [9.17, 15) is 28.8 Å². The molecule has 0 radical (unpaired) electrons. The summed E-state index contributed by atoms with van der Waals surface area (Å²) in [5.74, 6) is -4.11. The van der Waals surface area contributed by atoms with Gasteiger partial charge in [0.2, 0.25) is 17.6 Å². The number of nitrogens with zero attached hydrogens (tertiary/aromatic N) is 3. The molecule has 2 heterocycles. The van der Waals surface area contributed by atoms with Crippen LogP contribution in [0.4, 0.5) is 0 Å². The highest BCUT2D eigenvalue weighted by Gasteiger charge is 2.50. The van der Waals surface area contributed by atoms with Gasteiger partial charge in [-0.2, -0.15) is 0 Å². The molecular formula is C36H52N4O6. The molecule has 3 unspecified atom stereocenters. The Bertz CT molecular complexity index is 1290. The van der Waals surface area contributed by atoms with Crippen LogP contribution >= 0.6 is 0 Å². The summed E-state index contributed by atoms with van der Waals surface area (Å²) in [7, 11) is 0. The summed E-state index contributed by atoms with van der Waals surface area (Å²) in [5, 5.41) is 2.93. The summed E-state index contributed by atoms with van der Waals surface area (Å²) in [6, 6.07) is -1.66. The van der Waals surface area contributed by atoms with Crippen molar-refractivity contribution in [2.45, 2.75) is 105 Å². The second-order valence-corrected chi connectivity index (χ2v) is 13.9. The molecule has 252 valence electrons. The van der Waals surface area contributed by atoms with E-state index in [2.05, 4.69) is 15.3 Å². The van der Waals surface area contributed by atoms with Crippen LogP contribution < -0.4 is 5.32 Å². The second-order valence-electron chi connectivity index (χ2n) is 13.9. The van der Waals surface area contributed by atoms with Gasteiger partial charge in [0.15, 0.2) is 17.3 Å². The van der Waals surface area contributed by atoms with Gasteiger partial charge in [0.25, 0.3) is 0 Å². The lowest BCUT2D eigenvalue weighted by Crippen LogP contribution is -2.56. The lowest BCUT2D eigenvalue weighted by molar-refractivity contribution is -0.144. The number of rotatable bonds is 18. The van der Waals surface area contributed by atoms with Crippen LogP contribution in [0.1, 0.15) is 104 Å². The van der Waals surface area contributed by atoms with Gasteiger partial charge >= 0.3 is 0 Å². The number of fused-ring (bicyclic) bond motifs is 1. The van der Waals surface area contributed by atoms with Gasteiger partial charge < -0.3 is 10.2 Å². The van der Waals surface area contributed by atoms with Crippen LogP contribution in [0, 0.1) is 41.4 Å². The normalized spacial score (nSPS) is 21.5. The van der Waals surface area contributed by atoms with Gasteiger partial charge in [-0.15, -0.1) is 0 Å². The smallest absolute Gasteiger partial charge is 0.246 e. The third-order valence-electron chi connectivity index (χ3n) is 9.69. The third kappa shape index (κ3) is 9.04. The maximum atomic E-state index is 14.2. The van der Waals surface area contributed by atoms with Crippen LogP contribution in [0.3, 0.4) is 0 Å². The number of ketones is 4. The summed E-state index contributed by atoms with van der Waals surface area (Å²) >= 11 is 0. The maximum absolute atomic E-state index is 14.2.